The summed E-state index contributed by atoms with van der Waals surface area (Å²) in [7, 11) is 2.76. The van der Waals surface area contributed by atoms with E-state index < -0.39 is 12.2 Å². The van der Waals surface area contributed by atoms with E-state index in [-0.39, 0.29) is 50.8 Å². The first-order valence-electron chi connectivity index (χ1n) is 18.3. The Labute approximate surface area is 348 Å². The number of hydrogen-bond donors (Lipinski definition) is 2. The van der Waals surface area contributed by atoms with Gasteiger partial charge in [-0.2, -0.15) is 27.0 Å². The van der Waals surface area contributed by atoms with Gasteiger partial charge in [0.15, 0.2) is 0 Å². The molecular formula is C41H56N6O8S2. The Balaban J connectivity index is 0.000000448. The Morgan fingerprint density at radius 3 is 1.75 bits per heavy atom. The van der Waals surface area contributed by atoms with Gasteiger partial charge in [0, 0.05) is 48.4 Å². The van der Waals surface area contributed by atoms with Crippen molar-refractivity contribution in [2.24, 2.45) is 11.8 Å². The van der Waals surface area contributed by atoms with Gasteiger partial charge in [0.2, 0.25) is 0 Å². The molecule has 0 aliphatic rings. The highest BCUT2D eigenvalue weighted by atomic mass is 32.1. The molecule has 1 amide bonds. The van der Waals surface area contributed by atoms with Crippen molar-refractivity contribution < 1.29 is 38.1 Å². The van der Waals surface area contributed by atoms with Gasteiger partial charge in [-0.1, -0.05) is 75.2 Å². The second kappa shape index (κ2) is 28.1. The molecule has 0 radical (unpaired) electrons. The molecule has 0 aliphatic heterocycles. The van der Waals surface area contributed by atoms with Crippen molar-refractivity contribution in [3.05, 3.63) is 91.8 Å². The number of pyridine rings is 2. The van der Waals surface area contributed by atoms with Crippen LogP contribution in [0.25, 0.3) is 21.5 Å². The Morgan fingerprint density at radius 2 is 1.25 bits per heavy atom. The van der Waals surface area contributed by atoms with Gasteiger partial charge in [-0.25, -0.2) is 29.1 Å². The second-order valence-electron chi connectivity index (χ2n) is 12.6. The van der Waals surface area contributed by atoms with Crippen LogP contribution in [0.1, 0.15) is 65.2 Å². The molecule has 3 aromatic heterocycles. The number of methoxy groups -OCH3 is 2. The lowest BCUT2D eigenvalue weighted by Gasteiger charge is -2.15. The normalized spacial score (nSPS) is 11.1. The number of nitrogen functional groups attached to an aromatic ring is 1. The van der Waals surface area contributed by atoms with Crippen LogP contribution in [-0.2, 0) is 28.5 Å². The monoisotopic (exact) mass is 824 g/mol. The van der Waals surface area contributed by atoms with Gasteiger partial charge in [0.25, 0.3) is 0 Å². The van der Waals surface area contributed by atoms with Gasteiger partial charge >= 0.3 is 24.1 Å². The summed E-state index contributed by atoms with van der Waals surface area (Å²) in [6, 6.07) is 19.5. The summed E-state index contributed by atoms with van der Waals surface area (Å²) in [5, 5.41) is 6.93. The van der Waals surface area contributed by atoms with Gasteiger partial charge in [-0.3, -0.25) is 14.9 Å². The molecule has 2 atom stereocenters. The van der Waals surface area contributed by atoms with Crippen molar-refractivity contribution in [1.82, 2.24) is 19.5 Å². The summed E-state index contributed by atoms with van der Waals surface area (Å²) in [4.78, 5) is 57.6. The van der Waals surface area contributed by atoms with E-state index in [1.165, 1.54) is 31.3 Å². The third-order valence-electron chi connectivity index (χ3n) is 8.72. The first-order chi connectivity index (χ1) is 26.6. The van der Waals surface area contributed by atoms with Crippen molar-refractivity contribution in [3.63, 3.8) is 0 Å². The standard InChI is InChI=1S/C19H24N2O4.C13H20N2O4.C9H8N2.2H2S/c1-3-14(7-6-10-18(22)24-2)13-25-19(23)21-17-11-15-8-4-5-9-16(15)12-20-17;1-3-11(5-4-6-12(16)18-2)9-19-13(17)15-8-7-14-10-15;10-9-5-7-3-1-2-4-8(7)6-11-9;;/h4-5,8-9,11-12,14H,3,6-7,10,13H2,1-2H3,(H,20,21,23);7-8,10-11H,3-6,9H2,1-2H3;1-6H,(H2,10,11);2*1H2/t14-;11-;;;/m00.../s1. The van der Waals surface area contributed by atoms with Crippen molar-refractivity contribution in [2.75, 3.05) is 38.5 Å². The molecule has 3 heterocycles. The highest BCUT2D eigenvalue weighted by Gasteiger charge is 2.14. The van der Waals surface area contributed by atoms with E-state index in [1.54, 1.807) is 18.6 Å². The lowest BCUT2D eigenvalue weighted by atomic mass is 10.0. The fourth-order valence-corrected chi connectivity index (χ4v) is 5.30. The summed E-state index contributed by atoms with van der Waals surface area (Å²) in [5.41, 5.74) is 5.51. The number of hydrogen-bond acceptors (Lipinski definition) is 12. The summed E-state index contributed by atoms with van der Waals surface area (Å²) in [5.74, 6) is 1.10. The Bertz CT molecular complexity index is 1930. The number of benzene rings is 2. The summed E-state index contributed by atoms with van der Waals surface area (Å²) >= 11 is 0. The average Bonchev–Trinajstić information content (AvgIpc) is 3.76. The predicted octanol–water partition coefficient (Wildman–Crippen LogP) is 8.43. The van der Waals surface area contributed by atoms with Crippen LogP contribution in [0.3, 0.4) is 0 Å². The molecule has 5 rings (SSSR count). The van der Waals surface area contributed by atoms with Crippen LogP contribution >= 0.6 is 27.0 Å². The van der Waals surface area contributed by atoms with Crippen LogP contribution in [0.4, 0.5) is 21.2 Å². The molecule has 16 heteroatoms. The fraction of sp³-hybridized carbons (Fsp3) is 0.390. The number of nitrogens with one attached hydrogen (secondary N) is 1. The maximum Gasteiger partial charge on any atom is 0.419 e. The van der Waals surface area contributed by atoms with Crippen molar-refractivity contribution >= 4 is 84.3 Å². The zero-order valence-electron chi connectivity index (χ0n) is 33.0. The lowest BCUT2D eigenvalue weighted by molar-refractivity contribution is -0.141. The Morgan fingerprint density at radius 1 is 0.737 bits per heavy atom. The van der Waals surface area contributed by atoms with Crippen molar-refractivity contribution in [1.29, 1.82) is 0 Å². The molecule has 0 fully saturated rings. The minimum absolute atomic E-state index is 0. The smallest absolute Gasteiger partial charge is 0.419 e. The molecule has 3 N–H and O–H groups in total. The van der Waals surface area contributed by atoms with E-state index in [0.29, 0.717) is 37.7 Å². The molecule has 0 spiro atoms. The van der Waals surface area contributed by atoms with E-state index in [4.69, 9.17) is 15.2 Å². The van der Waals surface area contributed by atoms with Gasteiger partial charge in [0.05, 0.1) is 27.4 Å². The SMILES string of the molecule is CC[C@@H](CCCC(=O)OC)COC(=O)Nc1cc2ccccc2cn1.CC[C@@H](CCCC(=O)OC)COC(=O)n1ccnc1.Nc1cc2ccccc2cn1.S.S. The van der Waals surface area contributed by atoms with E-state index >= 15 is 0 Å². The maximum absolute atomic E-state index is 11.9. The van der Waals surface area contributed by atoms with Gasteiger partial charge in [0.1, 0.15) is 18.0 Å². The minimum Gasteiger partial charge on any atom is -0.469 e. The molecule has 2 aromatic carbocycles. The van der Waals surface area contributed by atoms with Crippen LogP contribution in [0, 0.1) is 11.8 Å². The van der Waals surface area contributed by atoms with E-state index in [2.05, 4.69) is 29.7 Å². The van der Waals surface area contributed by atoms with Crippen molar-refractivity contribution in [2.45, 2.75) is 65.2 Å². The molecule has 5 aromatic rings. The summed E-state index contributed by atoms with van der Waals surface area (Å²) in [6.07, 6.45) is 12.7. The van der Waals surface area contributed by atoms with E-state index in [9.17, 15) is 19.2 Å². The Kier molecular flexibility index (Phi) is 24.5. The first-order valence-corrected chi connectivity index (χ1v) is 18.3. The number of fused-ring (bicyclic) bond motifs is 2. The summed E-state index contributed by atoms with van der Waals surface area (Å²) < 4.78 is 21.0. The largest absolute Gasteiger partial charge is 0.469 e. The number of ether oxygens (including phenoxy) is 4. The third-order valence-corrected chi connectivity index (χ3v) is 8.72. The van der Waals surface area contributed by atoms with Gasteiger partial charge in [-0.15, -0.1) is 0 Å². The number of imidazole rings is 1. The fourth-order valence-electron chi connectivity index (χ4n) is 5.30. The van der Waals surface area contributed by atoms with Crippen LogP contribution in [-0.4, -0.2) is 71.1 Å². The van der Waals surface area contributed by atoms with Crippen LogP contribution in [0.5, 0.6) is 0 Å². The maximum atomic E-state index is 11.9. The van der Waals surface area contributed by atoms with Crippen LogP contribution in [0.15, 0.2) is 91.8 Å². The van der Waals surface area contributed by atoms with Gasteiger partial charge in [-0.05, 0) is 60.4 Å². The quantitative estimate of drug-likeness (QED) is 0.0759. The third kappa shape index (κ3) is 18.9. The van der Waals surface area contributed by atoms with Crippen LogP contribution in [0.2, 0.25) is 0 Å². The Hall–Kier alpha value is -5.35. The zero-order chi connectivity index (χ0) is 39.8. The zero-order valence-corrected chi connectivity index (χ0v) is 35.0. The molecule has 0 saturated heterocycles. The first kappa shape index (κ1) is 49.7. The topological polar surface area (TPSA) is 187 Å². The number of carbonyl (C=O) groups is 4. The van der Waals surface area contributed by atoms with E-state index in [0.717, 1.165) is 60.1 Å². The highest BCUT2D eigenvalue weighted by Crippen LogP contribution is 2.18. The number of amides is 1. The number of nitrogens with two attached hydrogens (primary N) is 1. The molecule has 57 heavy (non-hydrogen) atoms. The number of anilines is 2. The number of nitrogens with zero attached hydrogens (tertiary/aromatic N) is 4. The van der Waals surface area contributed by atoms with E-state index in [1.807, 2.05) is 74.5 Å². The number of carbonyl (C=O) groups excluding carboxylic acids is 4. The average molecular weight is 825 g/mol. The summed E-state index contributed by atoms with van der Waals surface area (Å²) in [6.45, 7) is 4.74. The second-order valence-corrected chi connectivity index (χ2v) is 12.6. The minimum atomic E-state index is -0.519. The molecule has 0 unspecified atom stereocenters. The molecule has 0 aliphatic carbocycles. The molecular weight excluding hydrogens is 769 g/mol. The number of esters is 2. The molecule has 14 nitrogen and oxygen atoms in total. The van der Waals surface area contributed by atoms with Gasteiger partial charge < -0.3 is 24.7 Å². The number of aromatic nitrogens is 4. The molecule has 0 bridgehead atoms. The highest BCUT2D eigenvalue weighted by molar-refractivity contribution is 7.59. The predicted molar refractivity (Wildman–Crippen MR) is 232 cm³/mol. The van der Waals surface area contributed by atoms with Crippen molar-refractivity contribution in [3.8, 4) is 0 Å². The molecule has 310 valence electrons. The molecule has 0 saturated carbocycles. The lowest BCUT2D eigenvalue weighted by Crippen LogP contribution is -2.19. The van der Waals surface area contributed by atoms with Crippen LogP contribution < -0.4 is 11.1 Å². The number of rotatable bonds is 15.